The van der Waals surface area contributed by atoms with Gasteiger partial charge in [-0.1, -0.05) is 12.8 Å². The van der Waals surface area contributed by atoms with Crippen LogP contribution >= 0.6 is 0 Å². The Bertz CT molecular complexity index is 373. The fraction of sp³-hybridized carbons (Fsp3) is 0.786. The first-order valence-electron chi connectivity index (χ1n) is 7.36. The molecule has 2 N–H and O–H groups in total. The highest BCUT2D eigenvalue weighted by molar-refractivity contribution is 5.32. The van der Waals surface area contributed by atoms with E-state index in [-0.39, 0.29) is 0 Å². The van der Waals surface area contributed by atoms with Gasteiger partial charge >= 0.3 is 0 Å². The largest absolute Gasteiger partial charge is 0.342 e. The number of hydrogen-bond donors (Lipinski definition) is 1. The van der Waals surface area contributed by atoms with Crippen molar-refractivity contribution in [2.45, 2.75) is 44.6 Å². The highest BCUT2D eigenvalue weighted by Gasteiger charge is 2.24. The molecule has 0 amide bonds. The van der Waals surface area contributed by atoms with Gasteiger partial charge in [-0.15, -0.1) is 0 Å². The molecule has 0 unspecified atom stereocenters. The summed E-state index contributed by atoms with van der Waals surface area (Å²) >= 11 is 0. The Hall–Kier alpha value is -1.03. The third-order valence-corrected chi connectivity index (χ3v) is 4.60. The Morgan fingerprint density at radius 1 is 1.17 bits per heavy atom. The van der Waals surface area contributed by atoms with E-state index in [2.05, 4.69) is 20.6 Å². The van der Waals surface area contributed by atoms with Gasteiger partial charge in [0.05, 0.1) is 0 Å². The lowest BCUT2D eigenvalue weighted by Gasteiger charge is -2.33. The molecule has 0 aromatic carbocycles. The fourth-order valence-corrected chi connectivity index (χ4v) is 3.39. The van der Waals surface area contributed by atoms with Gasteiger partial charge in [0.25, 0.3) is 0 Å². The second-order valence-corrected chi connectivity index (χ2v) is 5.74. The lowest BCUT2D eigenvalue weighted by molar-refractivity contribution is 0.403. The smallest absolute Gasteiger partial charge is 0.205 e. The molecular formula is C14H24N4. The van der Waals surface area contributed by atoms with Crippen LogP contribution in [-0.4, -0.2) is 29.2 Å². The van der Waals surface area contributed by atoms with Crippen molar-refractivity contribution >= 4 is 5.95 Å². The van der Waals surface area contributed by atoms with Crippen molar-refractivity contribution in [3.05, 3.63) is 12.4 Å². The van der Waals surface area contributed by atoms with Crippen LogP contribution in [0.25, 0.3) is 0 Å². The first kappa shape index (κ1) is 12.0. The van der Waals surface area contributed by atoms with E-state index in [1.807, 2.05) is 6.20 Å². The molecule has 2 heterocycles. The number of piperidine rings is 1. The lowest BCUT2D eigenvalue weighted by atomic mass is 9.97. The summed E-state index contributed by atoms with van der Waals surface area (Å²) in [5, 5.41) is 0. The summed E-state index contributed by atoms with van der Waals surface area (Å²) < 4.78 is 2.41. The lowest BCUT2D eigenvalue weighted by Crippen LogP contribution is -2.37. The van der Waals surface area contributed by atoms with Crippen molar-refractivity contribution in [2.75, 3.05) is 24.5 Å². The number of nitrogens with zero attached hydrogens (tertiary/aromatic N) is 3. The Kier molecular flexibility index (Phi) is 3.55. The van der Waals surface area contributed by atoms with E-state index in [1.54, 1.807) is 0 Å². The van der Waals surface area contributed by atoms with E-state index in [0.717, 1.165) is 25.6 Å². The van der Waals surface area contributed by atoms with Crippen molar-refractivity contribution in [3.8, 4) is 0 Å². The molecule has 4 nitrogen and oxygen atoms in total. The second kappa shape index (κ2) is 5.31. The molecule has 1 saturated heterocycles. The van der Waals surface area contributed by atoms with Gasteiger partial charge in [0.2, 0.25) is 5.95 Å². The standard InChI is InChI=1S/C14H24N4/c15-11-12-5-8-17(9-6-12)14-16-7-10-18(14)13-3-1-2-4-13/h7,10,12-13H,1-6,8-9,11,15H2. The summed E-state index contributed by atoms with van der Waals surface area (Å²) in [5.41, 5.74) is 5.76. The van der Waals surface area contributed by atoms with Crippen molar-refractivity contribution in [1.82, 2.24) is 9.55 Å². The van der Waals surface area contributed by atoms with Gasteiger partial charge in [-0.25, -0.2) is 4.98 Å². The van der Waals surface area contributed by atoms with Crippen LogP contribution in [0, 0.1) is 5.92 Å². The molecule has 2 aliphatic rings. The molecule has 0 spiro atoms. The third-order valence-electron chi connectivity index (χ3n) is 4.60. The average Bonchev–Trinajstić information content (AvgIpc) is 3.09. The van der Waals surface area contributed by atoms with E-state index in [1.165, 1.54) is 44.5 Å². The van der Waals surface area contributed by atoms with E-state index in [4.69, 9.17) is 5.73 Å². The maximum atomic E-state index is 5.76. The van der Waals surface area contributed by atoms with Gasteiger partial charge in [-0.3, -0.25) is 0 Å². The molecule has 1 aromatic rings. The molecule has 4 heteroatoms. The monoisotopic (exact) mass is 248 g/mol. The quantitative estimate of drug-likeness (QED) is 0.892. The maximum Gasteiger partial charge on any atom is 0.205 e. The fourth-order valence-electron chi connectivity index (χ4n) is 3.39. The van der Waals surface area contributed by atoms with E-state index >= 15 is 0 Å². The zero-order valence-corrected chi connectivity index (χ0v) is 11.1. The van der Waals surface area contributed by atoms with Crippen LogP contribution in [-0.2, 0) is 0 Å². The molecular weight excluding hydrogens is 224 g/mol. The normalized spacial score (nSPS) is 22.8. The molecule has 1 aliphatic carbocycles. The van der Waals surface area contributed by atoms with Crippen LogP contribution in [0.3, 0.4) is 0 Å². The zero-order chi connectivity index (χ0) is 12.4. The summed E-state index contributed by atoms with van der Waals surface area (Å²) in [6, 6.07) is 0.690. The van der Waals surface area contributed by atoms with Crippen molar-refractivity contribution in [2.24, 2.45) is 11.7 Å². The predicted molar refractivity (Wildman–Crippen MR) is 73.7 cm³/mol. The molecule has 0 radical (unpaired) electrons. The van der Waals surface area contributed by atoms with Crippen LogP contribution in [0.15, 0.2) is 12.4 Å². The summed E-state index contributed by atoms with van der Waals surface area (Å²) in [6.07, 6.45) is 11.9. The molecule has 18 heavy (non-hydrogen) atoms. The van der Waals surface area contributed by atoms with Gasteiger partial charge in [-0.2, -0.15) is 0 Å². The highest BCUT2D eigenvalue weighted by Crippen LogP contribution is 2.33. The van der Waals surface area contributed by atoms with E-state index < -0.39 is 0 Å². The summed E-state index contributed by atoms with van der Waals surface area (Å²) in [5.74, 6) is 1.91. The van der Waals surface area contributed by atoms with Crippen LogP contribution in [0.5, 0.6) is 0 Å². The molecule has 1 saturated carbocycles. The maximum absolute atomic E-state index is 5.76. The minimum atomic E-state index is 0.690. The van der Waals surface area contributed by atoms with Crippen LogP contribution in [0.1, 0.15) is 44.6 Å². The Morgan fingerprint density at radius 2 is 1.89 bits per heavy atom. The van der Waals surface area contributed by atoms with E-state index in [9.17, 15) is 0 Å². The highest BCUT2D eigenvalue weighted by atomic mass is 15.3. The molecule has 100 valence electrons. The van der Waals surface area contributed by atoms with Gasteiger partial charge in [0.15, 0.2) is 0 Å². The number of nitrogens with two attached hydrogens (primary N) is 1. The summed E-state index contributed by atoms with van der Waals surface area (Å²) in [7, 11) is 0. The molecule has 0 bridgehead atoms. The Morgan fingerprint density at radius 3 is 2.56 bits per heavy atom. The van der Waals surface area contributed by atoms with Crippen LogP contribution in [0.2, 0.25) is 0 Å². The summed E-state index contributed by atoms with van der Waals surface area (Å²) in [4.78, 5) is 7.04. The summed E-state index contributed by atoms with van der Waals surface area (Å²) in [6.45, 7) is 3.07. The molecule has 3 rings (SSSR count). The third kappa shape index (κ3) is 2.26. The average molecular weight is 248 g/mol. The Balaban J connectivity index is 1.71. The molecule has 1 aromatic heterocycles. The SMILES string of the molecule is NCC1CCN(c2nccn2C2CCCC2)CC1. The topological polar surface area (TPSA) is 47.1 Å². The van der Waals surface area contributed by atoms with Gasteiger partial charge in [0.1, 0.15) is 0 Å². The number of anilines is 1. The van der Waals surface area contributed by atoms with Crippen molar-refractivity contribution < 1.29 is 0 Å². The number of aromatic nitrogens is 2. The van der Waals surface area contributed by atoms with Crippen LogP contribution in [0.4, 0.5) is 5.95 Å². The van der Waals surface area contributed by atoms with Crippen molar-refractivity contribution in [1.29, 1.82) is 0 Å². The van der Waals surface area contributed by atoms with Gasteiger partial charge in [-0.05, 0) is 38.1 Å². The van der Waals surface area contributed by atoms with Gasteiger partial charge in [0, 0.05) is 31.5 Å². The zero-order valence-electron chi connectivity index (χ0n) is 11.1. The number of rotatable bonds is 3. The van der Waals surface area contributed by atoms with Gasteiger partial charge < -0.3 is 15.2 Å². The molecule has 1 aliphatic heterocycles. The second-order valence-electron chi connectivity index (χ2n) is 5.74. The number of imidazole rings is 1. The van der Waals surface area contributed by atoms with Crippen LogP contribution < -0.4 is 10.6 Å². The first-order chi connectivity index (χ1) is 8.88. The Labute approximate surface area is 109 Å². The predicted octanol–water partition coefficient (Wildman–Crippen LogP) is 2.17. The first-order valence-corrected chi connectivity index (χ1v) is 7.36. The molecule has 2 fully saturated rings. The number of hydrogen-bond acceptors (Lipinski definition) is 3. The minimum absolute atomic E-state index is 0.690. The van der Waals surface area contributed by atoms with E-state index in [0.29, 0.717) is 6.04 Å². The minimum Gasteiger partial charge on any atom is -0.342 e. The molecule has 0 atom stereocenters. The van der Waals surface area contributed by atoms with Crippen molar-refractivity contribution in [3.63, 3.8) is 0 Å².